The average Bonchev–Trinajstić information content (AvgIpc) is 2.44. The Kier molecular flexibility index (Phi) is 6.02. The Hall–Kier alpha value is -2.57. The highest BCUT2D eigenvalue weighted by atomic mass is 16.5. The molecule has 0 aliphatic heterocycles. The van der Waals surface area contributed by atoms with Crippen molar-refractivity contribution in [2.45, 2.75) is 13.3 Å². The second kappa shape index (κ2) is 7.78. The highest BCUT2D eigenvalue weighted by Gasteiger charge is 2.09. The number of carbonyl (C=O) groups is 3. The molecule has 0 heterocycles. The van der Waals surface area contributed by atoms with Crippen LogP contribution in [0.1, 0.15) is 12.0 Å². The third-order valence-electron chi connectivity index (χ3n) is 2.33. The number of amides is 3. The van der Waals surface area contributed by atoms with E-state index < -0.39 is 17.7 Å². The van der Waals surface area contributed by atoms with E-state index in [2.05, 4.69) is 16.2 Å². The first-order valence-electron chi connectivity index (χ1n) is 5.99. The lowest BCUT2D eigenvalue weighted by Crippen LogP contribution is -2.45. The molecule has 1 aromatic rings. The van der Waals surface area contributed by atoms with Gasteiger partial charge in [-0.25, -0.2) is 0 Å². The summed E-state index contributed by atoms with van der Waals surface area (Å²) < 4.78 is 5.21. The van der Waals surface area contributed by atoms with Crippen molar-refractivity contribution in [3.63, 3.8) is 0 Å². The molecule has 1 rings (SSSR count). The zero-order valence-corrected chi connectivity index (χ0v) is 11.4. The van der Waals surface area contributed by atoms with Crippen molar-refractivity contribution in [3.8, 4) is 5.75 Å². The van der Waals surface area contributed by atoms with Crippen molar-refractivity contribution in [2.24, 2.45) is 0 Å². The molecule has 0 saturated heterocycles. The van der Waals surface area contributed by atoms with Gasteiger partial charge >= 0.3 is 0 Å². The van der Waals surface area contributed by atoms with Crippen LogP contribution in [-0.2, 0) is 14.4 Å². The van der Waals surface area contributed by atoms with Crippen LogP contribution in [0.15, 0.2) is 24.3 Å². The molecule has 0 radical (unpaired) electrons. The SMILES string of the molecule is CNC(=O)CC(=O)NNC(=O)COc1ccc(C)cc1. The highest BCUT2D eigenvalue weighted by molar-refractivity contribution is 5.97. The molecular formula is C13H17N3O4. The number of ether oxygens (including phenoxy) is 1. The number of hydrazine groups is 1. The largest absolute Gasteiger partial charge is 0.484 e. The van der Waals surface area contributed by atoms with Gasteiger partial charge in [0.2, 0.25) is 11.8 Å². The lowest BCUT2D eigenvalue weighted by Gasteiger charge is -2.08. The molecule has 7 heteroatoms. The number of hydrogen-bond donors (Lipinski definition) is 3. The fourth-order valence-corrected chi connectivity index (χ4v) is 1.24. The van der Waals surface area contributed by atoms with E-state index in [9.17, 15) is 14.4 Å². The van der Waals surface area contributed by atoms with Gasteiger partial charge in [-0.15, -0.1) is 0 Å². The summed E-state index contributed by atoms with van der Waals surface area (Å²) in [7, 11) is 1.42. The number of hydrogen-bond acceptors (Lipinski definition) is 4. The summed E-state index contributed by atoms with van der Waals surface area (Å²) in [6.07, 6.45) is -0.352. The molecule has 0 saturated carbocycles. The Bertz CT molecular complexity index is 485. The van der Waals surface area contributed by atoms with Crippen molar-refractivity contribution < 1.29 is 19.1 Å². The van der Waals surface area contributed by atoms with E-state index in [1.54, 1.807) is 12.1 Å². The van der Waals surface area contributed by atoms with E-state index >= 15 is 0 Å². The van der Waals surface area contributed by atoms with E-state index in [0.29, 0.717) is 5.75 Å². The third kappa shape index (κ3) is 5.85. The first kappa shape index (κ1) is 15.5. The Labute approximate surface area is 116 Å². The van der Waals surface area contributed by atoms with Crippen molar-refractivity contribution in [2.75, 3.05) is 13.7 Å². The maximum Gasteiger partial charge on any atom is 0.276 e. The molecule has 3 amide bonds. The Balaban J connectivity index is 2.25. The molecule has 3 N–H and O–H groups in total. The second-order valence-corrected chi connectivity index (χ2v) is 4.05. The monoisotopic (exact) mass is 279 g/mol. The predicted molar refractivity (Wildman–Crippen MR) is 71.6 cm³/mol. The summed E-state index contributed by atoms with van der Waals surface area (Å²) in [5.74, 6) is -1.00. The zero-order chi connectivity index (χ0) is 15.0. The minimum atomic E-state index is -0.604. The topological polar surface area (TPSA) is 96.5 Å². The smallest absolute Gasteiger partial charge is 0.276 e. The van der Waals surface area contributed by atoms with Gasteiger partial charge in [0.1, 0.15) is 12.2 Å². The van der Waals surface area contributed by atoms with Gasteiger partial charge in [0.05, 0.1) is 0 Å². The minimum Gasteiger partial charge on any atom is -0.484 e. The van der Waals surface area contributed by atoms with Gasteiger partial charge in [-0.05, 0) is 19.1 Å². The van der Waals surface area contributed by atoms with Gasteiger partial charge in [-0.2, -0.15) is 0 Å². The van der Waals surface area contributed by atoms with Crippen molar-refractivity contribution >= 4 is 17.7 Å². The van der Waals surface area contributed by atoms with Crippen LogP contribution in [0, 0.1) is 6.92 Å². The number of rotatable bonds is 5. The van der Waals surface area contributed by atoms with Crippen LogP contribution in [0.3, 0.4) is 0 Å². The molecule has 108 valence electrons. The number of carbonyl (C=O) groups excluding carboxylic acids is 3. The molecule has 0 atom stereocenters. The third-order valence-corrected chi connectivity index (χ3v) is 2.33. The van der Waals surface area contributed by atoms with Crippen LogP contribution in [0.5, 0.6) is 5.75 Å². The predicted octanol–water partition coefficient (Wildman–Crippen LogP) is -0.343. The van der Waals surface area contributed by atoms with Gasteiger partial charge < -0.3 is 10.1 Å². The standard InChI is InChI=1S/C13H17N3O4/c1-9-3-5-10(6-4-9)20-8-13(19)16-15-12(18)7-11(17)14-2/h3-6H,7-8H2,1-2H3,(H,14,17)(H,15,18)(H,16,19). The molecule has 7 nitrogen and oxygen atoms in total. The molecule has 20 heavy (non-hydrogen) atoms. The van der Waals surface area contributed by atoms with Gasteiger partial charge in [-0.3, -0.25) is 25.2 Å². The first-order valence-corrected chi connectivity index (χ1v) is 5.99. The van der Waals surface area contributed by atoms with E-state index in [1.165, 1.54) is 7.05 Å². The van der Waals surface area contributed by atoms with E-state index in [4.69, 9.17) is 4.74 Å². The zero-order valence-electron chi connectivity index (χ0n) is 11.4. The lowest BCUT2D eigenvalue weighted by molar-refractivity contribution is -0.133. The van der Waals surface area contributed by atoms with Crippen molar-refractivity contribution in [1.82, 2.24) is 16.2 Å². The Morgan fingerprint density at radius 3 is 2.20 bits per heavy atom. The number of aryl methyl sites for hydroxylation is 1. The summed E-state index contributed by atoms with van der Waals surface area (Å²) in [5, 5.41) is 2.30. The van der Waals surface area contributed by atoms with Crippen LogP contribution in [-0.4, -0.2) is 31.4 Å². The molecule has 0 aliphatic rings. The molecule has 0 aromatic heterocycles. The van der Waals surface area contributed by atoms with Gasteiger partial charge in [0, 0.05) is 7.05 Å². The highest BCUT2D eigenvalue weighted by Crippen LogP contribution is 2.10. The van der Waals surface area contributed by atoms with Gasteiger partial charge in [-0.1, -0.05) is 17.7 Å². The van der Waals surface area contributed by atoms with Gasteiger partial charge in [0.25, 0.3) is 5.91 Å². The van der Waals surface area contributed by atoms with Crippen LogP contribution in [0.4, 0.5) is 0 Å². The summed E-state index contributed by atoms with van der Waals surface area (Å²) in [5.41, 5.74) is 5.35. The summed E-state index contributed by atoms with van der Waals surface area (Å²) in [6.45, 7) is 1.71. The fraction of sp³-hybridized carbons (Fsp3) is 0.308. The van der Waals surface area contributed by atoms with Crippen LogP contribution in [0.25, 0.3) is 0 Å². The lowest BCUT2D eigenvalue weighted by atomic mass is 10.2. The second-order valence-electron chi connectivity index (χ2n) is 4.05. The summed E-state index contributed by atoms with van der Waals surface area (Å²) in [4.78, 5) is 33.5. The fourth-order valence-electron chi connectivity index (χ4n) is 1.24. The number of nitrogens with one attached hydrogen (secondary N) is 3. The quantitative estimate of drug-likeness (QED) is 0.507. The molecular weight excluding hydrogens is 262 g/mol. The van der Waals surface area contributed by atoms with Crippen LogP contribution < -0.4 is 20.9 Å². The summed E-state index contributed by atoms with van der Waals surface area (Å²) in [6, 6.07) is 7.20. The number of benzene rings is 1. The normalized spacial score (nSPS) is 9.50. The minimum absolute atomic E-state index is 0.233. The Morgan fingerprint density at radius 1 is 1.00 bits per heavy atom. The molecule has 0 fully saturated rings. The van der Waals surface area contributed by atoms with E-state index in [0.717, 1.165) is 5.56 Å². The first-order chi connectivity index (χ1) is 9.51. The average molecular weight is 279 g/mol. The van der Waals surface area contributed by atoms with Crippen molar-refractivity contribution in [3.05, 3.63) is 29.8 Å². The van der Waals surface area contributed by atoms with E-state index in [1.807, 2.05) is 19.1 Å². The van der Waals surface area contributed by atoms with E-state index in [-0.39, 0.29) is 13.0 Å². The molecule has 1 aromatic carbocycles. The maximum atomic E-state index is 11.4. The van der Waals surface area contributed by atoms with Crippen LogP contribution in [0.2, 0.25) is 0 Å². The molecule has 0 spiro atoms. The summed E-state index contributed by atoms with van der Waals surface area (Å²) >= 11 is 0. The molecule has 0 bridgehead atoms. The van der Waals surface area contributed by atoms with Gasteiger partial charge in [0.15, 0.2) is 6.61 Å². The molecule has 0 unspecified atom stereocenters. The van der Waals surface area contributed by atoms with Crippen LogP contribution >= 0.6 is 0 Å². The maximum absolute atomic E-state index is 11.4. The Morgan fingerprint density at radius 2 is 1.60 bits per heavy atom. The molecule has 0 aliphatic carbocycles. The van der Waals surface area contributed by atoms with Crippen molar-refractivity contribution in [1.29, 1.82) is 0 Å².